The summed E-state index contributed by atoms with van der Waals surface area (Å²) in [6.45, 7) is -0.400. The van der Waals surface area contributed by atoms with E-state index in [0.717, 1.165) is 19.3 Å². The molecule has 2 aromatic rings. The minimum atomic E-state index is -1.21. The fourth-order valence-electron chi connectivity index (χ4n) is 3.54. The van der Waals surface area contributed by atoms with Crippen LogP contribution in [0.25, 0.3) is 11.2 Å². The van der Waals surface area contributed by atoms with Gasteiger partial charge in [-0.2, -0.15) is 0 Å². The molecule has 3 heterocycles. The molecular weight excluding hydrogens is 330 g/mol. The normalized spacial score (nSPS) is 35.5. The number of anilines is 1. The van der Waals surface area contributed by atoms with Gasteiger partial charge in [0.05, 0.1) is 25.1 Å². The number of imidazole rings is 1. The number of ether oxygens (including phenoxy) is 1. The van der Waals surface area contributed by atoms with Crippen molar-refractivity contribution in [2.45, 2.75) is 55.9 Å². The van der Waals surface area contributed by atoms with Gasteiger partial charge in [-0.05, 0) is 19.3 Å². The first-order chi connectivity index (χ1) is 12.1. The molecule has 0 bridgehead atoms. The molecule has 6 atom stereocenters. The zero-order valence-corrected chi connectivity index (χ0v) is 13.4. The second-order valence-corrected chi connectivity index (χ2v) is 6.52. The Hall–Kier alpha value is -1.85. The number of rotatable bonds is 4. The van der Waals surface area contributed by atoms with E-state index in [2.05, 4.69) is 20.3 Å². The zero-order chi connectivity index (χ0) is 17.6. The summed E-state index contributed by atoms with van der Waals surface area (Å²) in [4.78, 5) is 12.7. The zero-order valence-electron chi connectivity index (χ0n) is 13.4. The fourth-order valence-corrected chi connectivity index (χ4v) is 3.54. The third-order valence-corrected chi connectivity index (χ3v) is 4.95. The molecule has 1 saturated carbocycles. The standard InChI is InChI=1S/C15H21N5O5/c21-4-9-11(23)12(24)15(25-9)20-6-18-10-13(16-5-17-14(10)20)19-7-2-1-3-8(7)22/h5-9,11-12,15,21-24H,1-4H2,(H,16,17,19)/t7?,8?,9-,11?,12?,15-/m1/s1. The molecule has 4 unspecified atom stereocenters. The summed E-state index contributed by atoms with van der Waals surface area (Å²) in [5.74, 6) is 0.501. The predicted octanol–water partition coefficient (Wildman–Crippen LogP) is -1.24. The highest BCUT2D eigenvalue weighted by Gasteiger charge is 2.44. The minimum Gasteiger partial charge on any atom is -0.394 e. The van der Waals surface area contributed by atoms with Crippen molar-refractivity contribution in [1.29, 1.82) is 0 Å². The van der Waals surface area contributed by atoms with Crippen LogP contribution in [-0.2, 0) is 4.74 Å². The maximum Gasteiger partial charge on any atom is 0.167 e. The van der Waals surface area contributed by atoms with E-state index in [1.807, 2.05) is 0 Å². The van der Waals surface area contributed by atoms with Crippen molar-refractivity contribution in [2.75, 3.05) is 11.9 Å². The van der Waals surface area contributed by atoms with Crippen LogP contribution < -0.4 is 5.32 Å². The maximum absolute atomic E-state index is 10.2. The topological polar surface area (TPSA) is 146 Å². The number of aliphatic hydroxyl groups is 4. The van der Waals surface area contributed by atoms with E-state index in [0.29, 0.717) is 17.0 Å². The Kier molecular flexibility index (Phi) is 4.29. The summed E-state index contributed by atoms with van der Waals surface area (Å²) in [6, 6.07) is -0.0860. The van der Waals surface area contributed by atoms with E-state index in [4.69, 9.17) is 4.74 Å². The average molecular weight is 351 g/mol. The van der Waals surface area contributed by atoms with E-state index in [-0.39, 0.29) is 6.04 Å². The van der Waals surface area contributed by atoms with E-state index in [9.17, 15) is 20.4 Å². The molecule has 1 saturated heterocycles. The van der Waals surface area contributed by atoms with Gasteiger partial charge in [-0.1, -0.05) is 0 Å². The molecule has 0 aromatic carbocycles. The first-order valence-electron chi connectivity index (χ1n) is 8.34. The van der Waals surface area contributed by atoms with Crippen LogP contribution in [-0.4, -0.2) is 77.0 Å². The van der Waals surface area contributed by atoms with E-state index < -0.39 is 37.3 Å². The number of nitrogens with zero attached hydrogens (tertiary/aromatic N) is 4. The lowest BCUT2D eigenvalue weighted by atomic mass is 10.1. The van der Waals surface area contributed by atoms with Gasteiger partial charge in [0.2, 0.25) is 0 Å². The predicted molar refractivity (Wildman–Crippen MR) is 85.6 cm³/mol. The Morgan fingerprint density at radius 1 is 1.16 bits per heavy atom. The van der Waals surface area contributed by atoms with Gasteiger partial charge in [-0.3, -0.25) is 4.57 Å². The van der Waals surface area contributed by atoms with Gasteiger partial charge in [-0.15, -0.1) is 0 Å². The molecule has 0 radical (unpaired) electrons. The lowest BCUT2D eigenvalue weighted by Gasteiger charge is -2.18. The van der Waals surface area contributed by atoms with Crippen LogP contribution in [0.15, 0.2) is 12.7 Å². The van der Waals surface area contributed by atoms with Crippen LogP contribution in [0.2, 0.25) is 0 Å². The van der Waals surface area contributed by atoms with Gasteiger partial charge in [0.25, 0.3) is 0 Å². The molecule has 2 fully saturated rings. The van der Waals surface area contributed by atoms with E-state index in [1.54, 1.807) is 0 Å². The molecule has 25 heavy (non-hydrogen) atoms. The molecular formula is C15H21N5O5. The largest absolute Gasteiger partial charge is 0.394 e. The Labute approximate surface area is 143 Å². The first-order valence-corrected chi connectivity index (χ1v) is 8.34. The molecule has 136 valence electrons. The summed E-state index contributed by atoms with van der Waals surface area (Å²) in [7, 11) is 0. The van der Waals surface area contributed by atoms with E-state index in [1.165, 1.54) is 17.2 Å². The van der Waals surface area contributed by atoms with Crippen molar-refractivity contribution >= 4 is 17.0 Å². The average Bonchev–Trinajstić information content (AvgIpc) is 3.29. The van der Waals surface area contributed by atoms with Crippen molar-refractivity contribution in [3.05, 3.63) is 12.7 Å². The highest BCUT2D eigenvalue weighted by molar-refractivity contribution is 5.82. The van der Waals surface area contributed by atoms with Crippen molar-refractivity contribution in [3.8, 4) is 0 Å². The summed E-state index contributed by atoms with van der Waals surface area (Å²) >= 11 is 0. The molecule has 2 aliphatic rings. The number of hydrogen-bond donors (Lipinski definition) is 5. The van der Waals surface area contributed by atoms with Crippen molar-refractivity contribution in [1.82, 2.24) is 19.5 Å². The highest BCUT2D eigenvalue weighted by atomic mass is 16.6. The molecule has 4 rings (SSSR count). The van der Waals surface area contributed by atoms with Crippen LogP contribution >= 0.6 is 0 Å². The Morgan fingerprint density at radius 3 is 2.68 bits per heavy atom. The highest BCUT2D eigenvalue weighted by Crippen LogP contribution is 2.32. The number of nitrogens with one attached hydrogen (secondary N) is 1. The Morgan fingerprint density at radius 2 is 2.00 bits per heavy atom. The molecule has 0 spiro atoms. The van der Waals surface area contributed by atoms with Crippen LogP contribution in [0.3, 0.4) is 0 Å². The van der Waals surface area contributed by atoms with Gasteiger partial charge in [0.15, 0.2) is 23.2 Å². The van der Waals surface area contributed by atoms with E-state index >= 15 is 0 Å². The molecule has 1 aliphatic heterocycles. The molecule has 2 aromatic heterocycles. The summed E-state index contributed by atoms with van der Waals surface area (Å²) in [5, 5.41) is 42.6. The fraction of sp³-hybridized carbons (Fsp3) is 0.667. The van der Waals surface area contributed by atoms with Gasteiger partial charge >= 0.3 is 0 Å². The van der Waals surface area contributed by atoms with Gasteiger partial charge in [-0.25, -0.2) is 15.0 Å². The number of hydrogen-bond acceptors (Lipinski definition) is 9. The Bertz CT molecular complexity index is 755. The van der Waals surface area contributed by atoms with Crippen LogP contribution in [0.4, 0.5) is 5.82 Å². The van der Waals surface area contributed by atoms with Crippen LogP contribution in [0.5, 0.6) is 0 Å². The minimum absolute atomic E-state index is 0.0860. The second-order valence-electron chi connectivity index (χ2n) is 6.52. The summed E-state index contributed by atoms with van der Waals surface area (Å²) in [6.07, 6.45) is 0.768. The smallest absolute Gasteiger partial charge is 0.167 e. The number of aromatic nitrogens is 4. The Balaban J connectivity index is 1.65. The van der Waals surface area contributed by atoms with Crippen molar-refractivity contribution in [2.24, 2.45) is 0 Å². The SMILES string of the molecule is OC[C@H]1O[C@@H](n2cnc3c(NC4CCCC4O)ncnc32)C(O)C1O. The quantitative estimate of drug-likeness (QED) is 0.456. The van der Waals surface area contributed by atoms with Gasteiger partial charge in [0.1, 0.15) is 24.6 Å². The number of fused-ring (bicyclic) bond motifs is 1. The van der Waals surface area contributed by atoms with Crippen molar-refractivity contribution < 1.29 is 25.2 Å². The summed E-state index contributed by atoms with van der Waals surface area (Å²) < 4.78 is 7.04. The molecule has 10 nitrogen and oxygen atoms in total. The third-order valence-electron chi connectivity index (χ3n) is 4.95. The lowest BCUT2D eigenvalue weighted by molar-refractivity contribution is -0.0511. The number of aliphatic hydroxyl groups excluding tert-OH is 4. The monoisotopic (exact) mass is 351 g/mol. The maximum atomic E-state index is 10.2. The second kappa shape index (κ2) is 6.46. The third kappa shape index (κ3) is 2.75. The van der Waals surface area contributed by atoms with Gasteiger partial charge in [0, 0.05) is 0 Å². The molecule has 10 heteroatoms. The summed E-state index contributed by atoms with van der Waals surface area (Å²) in [5.41, 5.74) is 0.916. The lowest BCUT2D eigenvalue weighted by Crippen LogP contribution is -2.33. The van der Waals surface area contributed by atoms with Crippen molar-refractivity contribution in [3.63, 3.8) is 0 Å². The molecule has 5 N–H and O–H groups in total. The molecule has 1 aliphatic carbocycles. The van der Waals surface area contributed by atoms with Gasteiger partial charge < -0.3 is 30.5 Å². The van der Waals surface area contributed by atoms with Crippen LogP contribution in [0.1, 0.15) is 25.5 Å². The first kappa shape index (κ1) is 16.6. The molecule has 0 amide bonds. The van der Waals surface area contributed by atoms with Crippen LogP contribution in [0, 0.1) is 0 Å².